The minimum absolute atomic E-state index is 0.111. The van der Waals surface area contributed by atoms with Crippen molar-refractivity contribution >= 4 is 16.9 Å². The van der Waals surface area contributed by atoms with Crippen LogP contribution in [0.3, 0.4) is 0 Å². The Kier molecular flexibility index (Phi) is 4.95. The van der Waals surface area contributed by atoms with Gasteiger partial charge in [-0.15, -0.1) is 0 Å². The zero-order valence-corrected chi connectivity index (χ0v) is 19.8. The average Bonchev–Trinajstić information content (AvgIpc) is 3.26. The molecule has 0 amide bonds. The molecule has 2 aliphatic rings. The van der Waals surface area contributed by atoms with Gasteiger partial charge in [-0.3, -0.25) is 4.79 Å². The van der Waals surface area contributed by atoms with Gasteiger partial charge in [0, 0.05) is 27.6 Å². The summed E-state index contributed by atoms with van der Waals surface area (Å²) in [6.45, 7) is 1.91. The van der Waals surface area contributed by atoms with Crippen molar-refractivity contribution in [1.29, 1.82) is 0 Å². The van der Waals surface area contributed by atoms with Gasteiger partial charge in [0.05, 0.1) is 36.1 Å². The number of ether oxygens (including phenoxy) is 2. The van der Waals surface area contributed by atoms with Crippen molar-refractivity contribution in [2.24, 2.45) is 0 Å². The van der Waals surface area contributed by atoms with Gasteiger partial charge in [0.2, 0.25) is 0 Å². The zero-order valence-electron chi connectivity index (χ0n) is 19.8. The predicted molar refractivity (Wildman–Crippen MR) is 133 cm³/mol. The molecule has 7 heteroatoms. The fraction of sp³-hybridized carbons (Fsp3) is 0.207. The lowest BCUT2D eigenvalue weighted by atomic mass is 9.86. The van der Waals surface area contributed by atoms with Crippen LogP contribution in [0.5, 0.6) is 5.75 Å². The van der Waals surface area contributed by atoms with E-state index in [1.54, 1.807) is 24.7 Å². The van der Waals surface area contributed by atoms with Gasteiger partial charge in [0.1, 0.15) is 12.4 Å². The molecule has 0 fully saturated rings. The molecule has 0 saturated heterocycles. The number of methoxy groups -OCH3 is 1. The number of cyclic esters (lactones) is 1. The molecule has 0 saturated carbocycles. The maximum absolute atomic E-state index is 13.3. The Balaban J connectivity index is 1.41. The fourth-order valence-electron chi connectivity index (χ4n) is 4.88. The summed E-state index contributed by atoms with van der Waals surface area (Å²) in [7, 11) is 1.63. The number of hydrogen-bond acceptors (Lipinski definition) is 6. The third-order valence-electron chi connectivity index (χ3n) is 6.95. The Morgan fingerprint density at radius 3 is 2.58 bits per heavy atom. The van der Waals surface area contributed by atoms with Crippen molar-refractivity contribution < 1.29 is 19.4 Å². The Bertz CT molecular complexity index is 1690. The summed E-state index contributed by atoms with van der Waals surface area (Å²) in [4.78, 5) is 30.5. The van der Waals surface area contributed by atoms with Gasteiger partial charge >= 0.3 is 5.97 Å². The van der Waals surface area contributed by atoms with Crippen LogP contribution in [0.2, 0.25) is 0 Å². The second kappa shape index (κ2) is 8.08. The minimum atomic E-state index is -1.83. The molecule has 1 N–H and O–H groups in total. The van der Waals surface area contributed by atoms with Gasteiger partial charge in [-0.05, 0) is 61.0 Å². The Labute approximate surface area is 206 Å². The number of fused-ring (bicyclic) bond motifs is 5. The van der Waals surface area contributed by atoms with Gasteiger partial charge in [-0.2, -0.15) is 0 Å². The number of hydrogen-bond donors (Lipinski definition) is 1. The maximum atomic E-state index is 13.3. The van der Waals surface area contributed by atoms with Crippen molar-refractivity contribution in [3.8, 4) is 29.0 Å². The number of aromatic nitrogens is 2. The van der Waals surface area contributed by atoms with E-state index in [-0.39, 0.29) is 18.6 Å². The number of rotatable bonds is 2. The molecule has 7 nitrogen and oxygen atoms in total. The van der Waals surface area contributed by atoms with E-state index < -0.39 is 11.6 Å². The number of nitrogens with zero attached hydrogens (tertiary/aromatic N) is 2. The van der Waals surface area contributed by atoms with Crippen molar-refractivity contribution in [1.82, 2.24) is 9.55 Å². The summed E-state index contributed by atoms with van der Waals surface area (Å²) in [5.41, 5.74) is 3.21. The monoisotopic (exact) mass is 478 g/mol. The van der Waals surface area contributed by atoms with Crippen molar-refractivity contribution in [3.05, 3.63) is 92.8 Å². The van der Waals surface area contributed by atoms with E-state index in [2.05, 4.69) is 11.8 Å². The van der Waals surface area contributed by atoms with E-state index >= 15 is 0 Å². The normalized spacial score (nSPS) is 17.5. The highest BCUT2D eigenvalue weighted by Crippen LogP contribution is 2.38. The molecule has 36 heavy (non-hydrogen) atoms. The van der Waals surface area contributed by atoms with Crippen LogP contribution < -0.4 is 10.3 Å². The molecule has 4 aromatic rings. The molecule has 2 aliphatic heterocycles. The first-order valence-corrected chi connectivity index (χ1v) is 11.7. The first-order chi connectivity index (χ1) is 17.4. The van der Waals surface area contributed by atoms with Gasteiger partial charge in [-0.1, -0.05) is 18.8 Å². The van der Waals surface area contributed by atoms with Crippen LogP contribution in [-0.4, -0.2) is 27.7 Å². The molecule has 1 atom stereocenters. The molecule has 0 radical (unpaired) electrons. The van der Waals surface area contributed by atoms with Crippen LogP contribution in [0.1, 0.15) is 41.2 Å². The van der Waals surface area contributed by atoms with Crippen LogP contribution in [0, 0.1) is 11.8 Å². The second-order valence-corrected chi connectivity index (χ2v) is 8.99. The van der Waals surface area contributed by atoms with Crippen molar-refractivity contribution in [2.75, 3.05) is 7.11 Å². The van der Waals surface area contributed by atoms with E-state index in [4.69, 9.17) is 14.5 Å². The summed E-state index contributed by atoms with van der Waals surface area (Å²) < 4.78 is 12.0. The number of benzene rings is 2. The van der Waals surface area contributed by atoms with Crippen molar-refractivity contribution in [3.63, 3.8) is 0 Å². The standard InChI is InChI=1S/C29H22N2O5/c1-3-29(34)23-14-25-26-20(15-31(25)27(32)22(23)16-36-28(29)33)13-19-12-18(8-11-24(19)30-26)5-4-17-6-9-21(35-2)10-7-17/h6-14,34H,3,15-16H2,1-2H3/t29-/m0/s1. The number of carbonyl (C=O) groups is 1. The molecule has 2 aromatic carbocycles. The van der Waals surface area contributed by atoms with Crippen molar-refractivity contribution in [2.45, 2.75) is 32.1 Å². The molecule has 2 aromatic heterocycles. The van der Waals surface area contributed by atoms with Gasteiger partial charge in [-0.25, -0.2) is 9.78 Å². The summed E-state index contributed by atoms with van der Waals surface area (Å²) >= 11 is 0. The summed E-state index contributed by atoms with van der Waals surface area (Å²) in [5.74, 6) is 6.41. The molecule has 0 aliphatic carbocycles. The highest BCUT2D eigenvalue weighted by Gasteiger charge is 2.45. The molecule has 4 heterocycles. The number of pyridine rings is 2. The molecule has 178 valence electrons. The van der Waals surface area contributed by atoms with Gasteiger partial charge in [0.25, 0.3) is 5.56 Å². The average molecular weight is 479 g/mol. The molecule has 0 unspecified atom stereocenters. The number of esters is 1. The van der Waals surface area contributed by atoms with E-state index in [0.29, 0.717) is 29.1 Å². The quantitative estimate of drug-likeness (QED) is 0.309. The smallest absolute Gasteiger partial charge is 0.343 e. The molecular weight excluding hydrogens is 456 g/mol. The summed E-state index contributed by atoms with van der Waals surface area (Å²) in [6, 6.07) is 17.1. The highest BCUT2D eigenvalue weighted by atomic mass is 16.6. The van der Waals surface area contributed by atoms with E-state index in [0.717, 1.165) is 33.3 Å². The largest absolute Gasteiger partial charge is 0.497 e. The van der Waals surface area contributed by atoms with Crippen LogP contribution in [0.25, 0.3) is 22.3 Å². The molecule has 6 rings (SSSR count). The Morgan fingerprint density at radius 2 is 1.83 bits per heavy atom. The van der Waals surface area contributed by atoms with Gasteiger partial charge in [0.15, 0.2) is 5.60 Å². The maximum Gasteiger partial charge on any atom is 0.343 e. The lowest BCUT2D eigenvalue weighted by molar-refractivity contribution is -0.172. The first-order valence-electron chi connectivity index (χ1n) is 11.7. The lowest BCUT2D eigenvalue weighted by Crippen LogP contribution is -2.44. The van der Waals surface area contributed by atoms with Crippen LogP contribution >= 0.6 is 0 Å². The number of aliphatic hydroxyl groups is 1. The van der Waals surface area contributed by atoms with Crippen LogP contribution in [0.4, 0.5) is 0 Å². The van der Waals surface area contributed by atoms with Crippen LogP contribution in [-0.2, 0) is 28.3 Å². The first kappa shape index (κ1) is 22.1. The lowest BCUT2D eigenvalue weighted by Gasteiger charge is -2.31. The minimum Gasteiger partial charge on any atom is -0.497 e. The van der Waals surface area contributed by atoms with Gasteiger partial charge < -0.3 is 19.1 Å². The highest BCUT2D eigenvalue weighted by molar-refractivity contribution is 5.87. The second-order valence-electron chi connectivity index (χ2n) is 8.99. The topological polar surface area (TPSA) is 90.7 Å². The fourth-order valence-corrected chi connectivity index (χ4v) is 4.88. The molecular formula is C29H22N2O5. The predicted octanol–water partition coefficient (Wildman–Crippen LogP) is 3.49. The third-order valence-corrected chi connectivity index (χ3v) is 6.95. The molecule has 0 spiro atoms. The van der Waals surface area contributed by atoms with E-state index in [1.165, 1.54) is 0 Å². The Morgan fingerprint density at radius 1 is 1.08 bits per heavy atom. The molecule has 0 bridgehead atoms. The zero-order chi connectivity index (χ0) is 25.0. The van der Waals surface area contributed by atoms with Crippen LogP contribution in [0.15, 0.2) is 59.4 Å². The Hall–Kier alpha value is -4.41. The summed E-state index contributed by atoms with van der Waals surface area (Å²) in [6.07, 6.45) is 0.111. The number of carbonyl (C=O) groups excluding carboxylic acids is 1. The summed E-state index contributed by atoms with van der Waals surface area (Å²) in [5, 5.41) is 11.9. The SMILES string of the molecule is CC[C@@]1(O)C(=O)OCc2c1cc1n(c2=O)Cc2cc3cc(C#Cc4ccc(OC)cc4)ccc3nc2-1. The van der Waals surface area contributed by atoms with E-state index in [9.17, 15) is 14.7 Å². The van der Waals surface area contributed by atoms with E-state index in [1.807, 2.05) is 48.5 Å². The third kappa shape index (κ3) is 3.30.